The Morgan fingerprint density at radius 3 is 3.12 bits per heavy atom. The lowest BCUT2D eigenvalue weighted by Crippen LogP contribution is -2.15. The summed E-state index contributed by atoms with van der Waals surface area (Å²) < 4.78 is 0. The van der Waals surface area contributed by atoms with Crippen LogP contribution in [0.1, 0.15) is 12.0 Å². The lowest BCUT2D eigenvalue weighted by molar-refractivity contribution is -0.113. The maximum atomic E-state index is 11.4. The van der Waals surface area contributed by atoms with Gasteiger partial charge in [-0.05, 0) is 42.9 Å². The highest BCUT2D eigenvalue weighted by molar-refractivity contribution is 7.99. The van der Waals surface area contributed by atoms with Crippen molar-refractivity contribution in [1.29, 1.82) is 0 Å². The van der Waals surface area contributed by atoms with Crippen LogP contribution in [0.5, 0.6) is 0 Å². The first-order chi connectivity index (χ1) is 7.79. The first kappa shape index (κ1) is 14.2. The molecule has 1 aliphatic rings. The van der Waals surface area contributed by atoms with Gasteiger partial charge in [0.1, 0.15) is 0 Å². The van der Waals surface area contributed by atoms with E-state index < -0.39 is 0 Å². The van der Waals surface area contributed by atoms with E-state index >= 15 is 0 Å². The largest absolute Gasteiger partial charge is 0.385 e. The zero-order valence-corrected chi connectivity index (χ0v) is 11.4. The van der Waals surface area contributed by atoms with Gasteiger partial charge in [-0.15, -0.1) is 12.4 Å². The second-order valence-corrected chi connectivity index (χ2v) is 4.75. The molecule has 3 nitrogen and oxygen atoms in total. The fourth-order valence-electron chi connectivity index (χ4n) is 1.88. The van der Waals surface area contributed by atoms with Crippen LogP contribution in [0.2, 0.25) is 0 Å². The number of carbonyl (C=O) groups excluding carboxylic acids is 1. The van der Waals surface area contributed by atoms with Gasteiger partial charge in [0.25, 0.3) is 0 Å². The van der Waals surface area contributed by atoms with Crippen LogP contribution in [0.15, 0.2) is 18.2 Å². The van der Waals surface area contributed by atoms with Crippen LogP contribution in [0, 0.1) is 0 Å². The number of aryl methyl sites for hydroxylation is 1. The molecule has 1 amide bonds. The zero-order valence-electron chi connectivity index (χ0n) is 9.79. The molecule has 0 radical (unpaired) electrons. The van der Waals surface area contributed by atoms with E-state index in [1.807, 2.05) is 18.4 Å². The molecule has 17 heavy (non-hydrogen) atoms. The molecule has 1 aliphatic heterocycles. The Morgan fingerprint density at radius 2 is 2.35 bits per heavy atom. The van der Waals surface area contributed by atoms with Crippen molar-refractivity contribution in [1.82, 2.24) is 0 Å². The van der Waals surface area contributed by atoms with Crippen molar-refractivity contribution in [3.8, 4) is 0 Å². The molecule has 0 saturated heterocycles. The molecule has 0 aromatic heterocycles. The average Bonchev–Trinajstić information content (AvgIpc) is 2.29. The first-order valence-electron chi connectivity index (χ1n) is 5.45. The molecule has 2 N–H and O–H groups in total. The highest BCUT2D eigenvalue weighted by Gasteiger charge is 2.09. The highest BCUT2D eigenvalue weighted by atomic mass is 35.5. The Hall–Kier alpha value is -0.870. The van der Waals surface area contributed by atoms with Crippen molar-refractivity contribution in [2.45, 2.75) is 12.8 Å². The van der Waals surface area contributed by atoms with Crippen LogP contribution in [-0.4, -0.2) is 24.5 Å². The Bertz CT molecular complexity index is 398. The summed E-state index contributed by atoms with van der Waals surface area (Å²) in [5.41, 5.74) is 3.41. The molecule has 0 unspecified atom stereocenters. The summed E-state index contributed by atoms with van der Waals surface area (Å²) in [7, 11) is 0. The minimum Gasteiger partial charge on any atom is -0.385 e. The molecule has 1 aromatic rings. The number of amides is 1. The van der Waals surface area contributed by atoms with E-state index in [1.165, 1.54) is 23.0 Å². The standard InChI is InChI=1S/C12H16N2OS.ClH/c1-16-8-12(15)14-10-4-5-11-9(7-10)3-2-6-13-11;/h4-5,7,13H,2-3,6,8H2,1H3,(H,14,15);1H. The summed E-state index contributed by atoms with van der Waals surface area (Å²) in [6.07, 6.45) is 4.18. The third-order valence-electron chi connectivity index (χ3n) is 2.60. The number of hydrogen-bond acceptors (Lipinski definition) is 3. The molecule has 94 valence electrons. The molecule has 0 fully saturated rings. The van der Waals surface area contributed by atoms with E-state index in [0.717, 1.165) is 25.1 Å². The van der Waals surface area contributed by atoms with Crippen molar-refractivity contribution in [3.05, 3.63) is 23.8 Å². The molecule has 0 atom stereocenters. The van der Waals surface area contributed by atoms with Gasteiger partial charge in [0, 0.05) is 17.9 Å². The Kier molecular flexibility index (Phi) is 5.65. The van der Waals surface area contributed by atoms with Gasteiger partial charge in [-0.3, -0.25) is 4.79 Å². The van der Waals surface area contributed by atoms with E-state index in [0.29, 0.717) is 5.75 Å². The highest BCUT2D eigenvalue weighted by Crippen LogP contribution is 2.25. The predicted molar refractivity (Wildman–Crippen MR) is 77.5 cm³/mol. The fraction of sp³-hybridized carbons (Fsp3) is 0.417. The van der Waals surface area contributed by atoms with Gasteiger partial charge in [0.15, 0.2) is 0 Å². The van der Waals surface area contributed by atoms with Gasteiger partial charge < -0.3 is 10.6 Å². The third kappa shape index (κ3) is 3.82. The minimum atomic E-state index is 0. The summed E-state index contributed by atoms with van der Waals surface area (Å²) in [5, 5.41) is 6.26. The number of benzene rings is 1. The lowest BCUT2D eigenvalue weighted by atomic mass is 10.0. The molecular weight excluding hydrogens is 256 g/mol. The number of nitrogens with one attached hydrogen (secondary N) is 2. The van der Waals surface area contributed by atoms with Crippen LogP contribution in [0.3, 0.4) is 0 Å². The Balaban J connectivity index is 0.00000144. The monoisotopic (exact) mass is 272 g/mol. The maximum Gasteiger partial charge on any atom is 0.234 e. The number of hydrogen-bond donors (Lipinski definition) is 2. The molecule has 5 heteroatoms. The molecule has 0 bridgehead atoms. The summed E-state index contributed by atoms with van der Waals surface area (Å²) in [6, 6.07) is 6.07. The first-order valence-corrected chi connectivity index (χ1v) is 6.84. The normalized spacial score (nSPS) is 13.0. The predicted octanol–water partition coefficient (Wildman–Crippen LogP) is 2.77. The SMILES string of the molecule is CSCC(=O)Nc1ccc2c(c1)CCCN2.Cl. The molecule has 0 aliphatic carbocycles. The van der Waals surface area contributed by atoms with Crippen LogP contribution in [0.25, 0.3) is 0 Å². The van der Waals surface area contributed by atoms with Gasteiger partial charge in [0.2, 0.25) is 5.91 Å². The summed E-state index contributed by atoms with van der Waals surface area (Å²) in [4.78, 5) is 11.4. The summed E-state index contributed by atoms with van der Waals surface area (Å²) >= 11 is 1.53. The van der Waals surface area contributed by atoms with E-state index in [-0.39, 0.29) is 18.3 Å². The Labute approximate surface area is 112 Å². The van der Waals surface area contributed by atoms with Crippen molar-refractivity contribution in [3.63, 3.8) is 0 Å². The molecular formula is C12H17ClN2OS. The van der Waals surface area contributed by atoms with E-state index in [4.69, 9.17) is 0 Å². The molecule has 2 rings (SSSR count). The number of carbonyl (C=O) groups is 1. The van der Waals surface area contributed by atoms with Gasteiger partial charge >= 0.3 is 0 Å². The van der Waals surface area contributed by atoms with E-state index in [2.05, 4.69) is 16.7 Å². The molecule has 0 saturated carbocycles. The second-order valence-electron chi connectivity index (χ2n) is 3.88. The van der Waals surface area contributed by atoms with Gasteiger partial charge in [-0.1, -0.05) is 0 Å². The van der Waals surface area contributed by atoms with Crippen LogP contribution < -0.4 is 10.6 Å². The van der Waals surface area contributed by atoms with Crippen molar-refractivity contribution < 1.29 is 4.79 Å². The van der Waals surface area contributed by atoms with E-state index in [9.17, 15) is 4.79 Å². The van der Waals surface area contributed by atoms with Crippen molar-refractivity contribution in [2.24, 2.45) is 0 Å². The van der Waals surface area contributed by atoms with Crippen LogP contribution in [-0.2, 0) is 11.2 Å². The zero-order chi connectivity index (χ0) is 11.4. The number of halogens is 1. The van der Waals surface area contributed by atoms with Crippen molar-refractivity contribution in [2.75, 3.05) is 29.2 Å². The smallest absolute Gasteiger partial charge is 0.234 e. The van der Waals surface area contributed by atoms with Crippen LogP contribution >= 0.6 is 24.2 Å². The summed E-state index contributed by atoms with van der Waals surface area (Å²) in [6.45, 7) is 1.05. The topological polar surface area (TPSA) is 41.1 Å². The van der Waals surface area contributed by atoms with Gasteiger partial charge in [0.05, 0.1) is 5.75 Å². The molecule has 1 heterocycles. The lowest BCUT2D eigenvalue weighted by Gasteiger charge is -2.18. The number of rotatable bonds is 3. The van der Waals surface area contributed by atoms with Gasteiger partial charge in [-0.25, -0.2) is 0 Å². The quantitative estimate of drug-likeness (QED) is 0.889. The summed E-state index contributed by atoms with van der Waals surface area (Å²) in [5.74, 6) is 0.575. The number of fused-ring (bicyclic) bond motifs is 1. The third-order valence-corrected chi connectivity index (χ3v) is 3.15. The van der Waals surface area contributed by atoms with E-state index in [1.54, 1.807) is 0 Å². The fourth-order valence-corrected chi connectivity index (χ4v) is 2.22. The minimum absolute atomic E-state index is 0. The number of anilines is 2. The second kappa shape index (κ2) is 6.77. The maximum absolute atomic E-state index is 11.4. The average molecular weight is 273 g/mol. The Morgan fingerprint density at radius 1 is 1.53 bits per heavy atom. The molecule has 1 aromatic carbocycles. The van der Waals surface area contributed by atoms with Gasteiger partial charge in [-0.2, -0.15) is 11.8 Å². The molecule has 0 spiro atoms. The van der Waals surface area contributed by atoms with Crippen molar-refractivity contribution >= 4 is 41.5 Å². The number of thioether (sulfide) groups is 1. The van der Waals surface area contributed by atoms with Crippen LogP contribution in [0.4, 0.5) is 11.4 Å².